The van der Waals surface area contributed by atoms with Crippen molar-refractivity contribution in [3.05, 3.63) is 35.4 Å². The van der Waals surface area contributed by atoms with E-state index in [-0.39, 0.29) is 11.8 Å². The topological polar surface area (TPSA) is 98.2 Å². The number of primary amides is 1. The monoisotopic (exact) mass is 263 g/mol. The maximum absolute atomic E-state index is 12.0. The van der Waals surface area contributed by atoms with E-state index >= 15 is 0 Å². The number of rotatable bonds is 6. The van der Waals surface area contributed by atoms with Gasteiger partial charge in [0.05, 0.1) is 0 Å². The molecule has 5 heteroatoms. The molecule has 2 unspecified atom stereocenters. The van der Waals surface area contributed by atoms with Crippen LogP contribution in [0.3, 0.4) is 0 Å². The first-order valence-electron chi connectivity index (χ1n) is 6.38. The van der Waals surface area contributed by atoms with Gasteiger partial charge in [-0.25, -0.2) is 0 Å². The molecular formula is C14H21N3O2. The number of hydrogen-bond donors (Lipinski definition) is 3. The zero-order valence-electron chi connectivity index (χ0n) is 11.3. The van der Waals surface area contributed by atoms with Crippen LogP contribution in [0.4, 0.5) is 0 Å². The highest BCUT2D eigenvalue weighted by Gasteiger charge is 2.23. The molecule has 0 aliphatic heterocycles. The maximum Gasteiger partial charge on any atom is 0.251 e. The minimum Gasteiger partial charge on any atom is -0.368 e. The van der Waals surface area contributed by atoms with Gasteiger partial charge in [0.2, 0.25) is 5.91 Å². The average Bonchev–Trinajstić information content (AvgIpc) is 2.43. The van der Waals surface area contributed by atoms with Gasteiger partial charge in [0.25, 0.3) is 5.91 Å². The van der Waals surface area contributed by atoms with Crippen LogP contribution in [-0.2, 0) is 11.3 Å². The molecule has 0 aliphatic carbocycles. The zero-order valence-corrected chi connectivity index (χ0v) is 11.3. The molecule has 0 fully saturated rings. The molecule has 5 N–H and O–H groups in total. The lowest BCUT2D eigenvalue weighted by Gasteiger charge is -2.21. The Morgan fingerprint density at radius 3 is 2.26 bits per heavy atom. The summed E-state index contributed by atoms with van der Waals surface area (Å²) < 4.78 is 0. The predicted molar refractivity (Wildman–Crippen MR) is 74.2 cm³/mol. The molecule has 2 atom stereocenters. The van der Waals surface area contributed by atoms with Crippen molar-refractivity contribution in [1.29, 1.82) is 0 Å². The molecule has 0 bridgehead atoms. The fraction of sp³-hybridized carbons (Fsp3) is 0.429. The number of benzene rings is 1. The Morgan fingerprint density at radius 2 is 1.84 bits per heavy atom. The van der Waals surface area contributed by atoms with Gasteiger partial charge in [0.15, 0.2) is 0 Å². The van der Waals surface area contributed by atoms with Crippen LogP contribution in [-0.4, -0.2) is 17.9 Å². The summed E-state index contributed by atoms with van der Waals surface area (Å²) in [6, 6.07) is 6.31. The second-order valence-corrected chi connectivity index (χ2v) is 4.64. The van der Waals surface area contributed by atoms with Crippen LogP contribution in [0.15, 0.2) is 24.3 Å². The number of carbonyl (C=O) groups is 2. The smallest absolute Gasteiger partial charge is 0.251 e. The molecule has 19 heavy (non-hydrogen) atoms. The molecule has 0 radical (unpaired) electrons. The van der Waals surface area contributed by atoms with Crippen molar-refractivity contribution >= 4 is 11.8 Å². The Balaban J connectivity index is 2.78. The van der Waals surface area contributed by atoms with E-state index in [9.17, 15) is 9.59 Å². The number of carbonyl (C=O) groups excluding carboxylic acids is 2. The summed E-state index contributed by atoms with van der Waals surface area (Å²) in [6.45, 7) is 4.26. The largest absolute Gasteiger partial charge is 0.368 e. The quantitative estimate of drug-likeness (QED) is 0.707. The summed E-state index contributed by atoms with van der Waals surface area (Å²) in [6.07, 6.45) is 0.764. The van der Waals surface area contributed by atoms with E-state index < -0.39 is 11.9 Å². The first-order valence-corrected chi connectivity index (χ1v) is 6.38. The van der Waals surface area contributed by atoms with Crippen LogP contribution in [0.5, 0.6) is 0 Å². The Hall–Kier alpha value is -1.88. The Morgan fingerprint density at radius 1 is 1.26 bits per heavy atom. The molecule has 0 saturated heterocycles. The molecule has 0 heterocycles. The Kier molecular flexibility index (Phi) is 5.51. The molecule has 1 aromatic carbocycles. The van der Waals surface area contributed by atoms with Gasteiger partial charge in [-0.3, -0.25) is 9.59 Å². The third-order valence-electron chi connectivity index (χ3n) is 3.26. The van der Waals surface area contributed by atoms with Crippen molar-refractivity contribution in [2.45, 2.75) is 32.9 Å². The van der Waals surface area contributed by atoms with E-state index in [1.807, 2.05) is 13.8 Å². The van der Waals surface area contributed by atoms with E-state index in [1.165, 1.54) is 0 Å². The van der Waals surface area contributed by atoms with Crippen molar-refractivity contribution < 1.29 is 9.59 Å². The van der Waals surface area contributed by atoms with Gasteiger partial charge in [-0.05, 0) is 23.6 Å². The van der Waals surface area contributed by atoms with Crippen LogP contribution in [0.1, 0.15) is 36.2 Å². The van der Waals surface area contributed by atoms with Crippen LogP contribution < -0.4 is 16.8 Å². The molecule has 104 valence electrons. The van der Waals surface area contributed by atoms with Gasteiger partial charge in [0, 0.05) is 12.1 Å². The minimum atomic E-state index is -0.647. The summed E-state index contributed by atoms with van der Waals surface area (Å²) in [5, 5.41) is 2.68. The van der Waals surface area contributed by atoms with E-state index in [4.69, 9.17) is 11.5 Å². The molecular weight excluding hydrogens is 242 g/mol. The molecule has 0 spiro atoms. The third-order valence-corrected chi connectivity index (χ3v) is 3.26. The van der Waals surface area contributed by atoms with Gasteiger partial charge in [-0.1, -0.05) is 32.4 Å². The van der Waals surface area contributed by atoms with Crippen molar-refractivity contribution in [1.82, 2.24) is 5.32 Å². The summed E-state index contributed by atoms with van der Waals surface area (Å²) in [4.78, 5) is 23.4. The second kappa shape index (κ2) is 6.89. The lowest BCUT2D eigenvalue weighted by molar-refractivity contribution is -0.120. The first kappa shape index (κ1) is 15.2. The number of amides is 2. The highest BCUT2D eigenvalue weighted by molar-refractivity contribution is 5.97. The lowest BCUT2D eigenvalue weighted by Crippen LogP contribution is -2.48. The van der Waals surface area contributed by atoms with Gasteiger partial charge >= 0.3 is 0 Å². The van der Waals surface area contributed by atoms with Gasteiger partial charge in [0.1, 0.15) is 6.04 Å². The SMILES string of the molecule is CCC(C)C(NC(=O)c1ccc(CN)cc1)C(N)=O. The summed E-state index contributed by atoms with van der Waals surface area (Å²) in [7, 11) is 0. The van der Waals surface area contributed by atoms with Crippen LogP contribution in [0, 0.1) is 5.92 Å². The molecule has 2 amide bonds. The fourth-order valence-corrected chi connectivity index (χ4v) is 1.75. The minimum absolute atomic E-state index is 0.00441. The molecule has 0 saturated carbocycles. The summed E-state index contributed by atoms with van der Waals surface area (Å²) in [5.41, 5.74) is 12.2. The van der Waals surface area contributed by atoms with Gasteiger partial charge < -0.3 is 16.8 Å². The molecule has 1 rings (SSSR count). The van der Waals surface area contributed by atoms with Crippen LogP contribution in [0.2, 0.25) is 0 Å². The van der Waals surface area contributed by atoms with Crippen molar-refractivity contribution in [3.8, 4) is 0 Å². The Labute approximate surface area is 113 Å². The number of hydrogen-bond acceptors (Lipinski definition) is 3. The van der Waals surface area contributed by atoms with Gasteiger partial charge in [-0.15, -0.1) is 0 Å². The third kappa shape index (κ3) is 4.06. The van der Waals surface area contributed by atoms with Crippen molar-refractivity contribution in [3.63, 3.8) is 0 Å². The fourth-order valence-electron chi connectivity index (χ4n) is 1.75. The van der Waals surface area contributed by atoms with E-state index in [0.29, 0.717) is 12.1 Å². The van der Waals surface area contributed by atoms with E-state index in [1.54, 1.807) is 24.3 Å². The molecule has 1 aromatic rings. The predicted octanol–water partition coefficient (Wildman–Crippen LogP) is 0.775. The lowest BCUT2D eigenvalue weighted by atomic mass is 9.98. The number of nitrogens with one attached hydrogen (secondary N) is 1. The summed E-state index contributed by atoms with van der Waals surface area (Å²) >= 11 is 0. The van der Waals surface area contributed by atoms with Crippen molar-refractivity contribution in [2.75, 3.05) is 0 Å². The van der Waals surface area contributed by atoms with E-state index in [2.05, 4.69) is 5.32 Å². The standard InChI is InChI=1S/C14H21N3O2/c1-3-9(2)12(13(16)18)17-14(19)11-6-4-10(8-15)5-7-11/h4-7,9,12H,3,8,15H2,1-2H3,(H2,16,18)(H,17,19). The van der Waals surface area contributed by atoms with E-state index in [0.717, 1.165) is 12.0 Å². The second-order valence-electron chi connectivity index (χ2n) is 4.64. The maximum atomic E-state index is 12.0. The highest BCUT2D eigenvalue weighted by Crippen LogP contribution is 2.09. The average molecular weight is 263 g/mol. The molecule has 0 aliphatic rings. The summed E-state index contributed by atoms with van der Waals surface area (Å²) in [5.74, 6) is -0.807. The van der Waals surface area contributed by atoms with Gasteiger partial charge in [-0.2, -0.15) is 0 Å². The molecule has 5 nitrogen and oxygen atoms in total. The van der Waals surface area contributed by atoms with Crippen molar-refractivity contribution in [2.24, 2.45) is 17.4 Å². The van der Waals surface area contributed by atoms with Crippen LogP contribution >= 0.6 is 0 Å². The first-order chi connectivity index (χ1) is 8.99. The van der Waals surface area contributed by atoms with Crippen LogP contribution in [0.25, 0.3) is 0 Å². The zero-order chi connectivity index (χ0) is 14.4. The Bertz CT molecular complexity index is 443. The molecule has 0 aromatic heterocycles. The normalized spacial score (nSPS) is 13.6. The number of nitrogens with two attached hydrogens (primary N) is 2. The highest BCUT2D eigenvalue weighted by atomic mass is 16.2.